The van der Waals surface area contributed by atoms with E-state index in [2.05, 4.69) is 4.98 Å². The number of aliphatic hydroxyl groups is 1. The number of ether oxygens (including phenoxy) is 1. The number of benzene rings is 1. The molecule has 0 saturated heterocycles. The maximum atomic E-state index is 13.5. The Hall–Kier alpha value is -2.54. The van der Waals surface area contributed by atoms with Crippen LogP contribution in [0.3, 0.4) is 0 Å². The predicted octanol–water partition coefficient (Wildman–Crippen LogP) is 2.41. The lowest BCUT2D eigenvalue weighted by atomic mass is 10.3. The van der Waals surface area contributed by atoms with Gasteiger partial charge in [0.05, 0.1) is 17.6 Å². The molecule has 0 amide bonds. The van der Waals surface area contributed by atoms with Crippen molar-refractivity contribution in [2.24, 2.45) is 0 Å². The number of aliphatic hydroxyl groups excluding tert-OH is 1. The predicted molar refractivity (Wildman–Crippen MR) is 63.3 cm³/mol. The minimum atomic E-state index is -0.845. The Morgan fingerprint density at radius 2 is 2.16 bits per heavy atom. The molecule has 0 aliphatic heterocycles. The number of hydrogen-bond acceptors (Lipinski definition) is 5. The molecule has 0 atom stereocenters. The Kier molecular flexibility index (Phi) is 3.67. The highest BCUT2D eigenvalue weighted by molar-refractivity contribution is 5.39. The summed E-state index contributed by atoms with van der Waals surface area (Å²) >= 11 is 0. The van der Waals surface area contributed by atoms with E-state index in [-0.39, 0.29) is 23.9 Å². The quantitative estimate of drug-likeness (QED) is 0.677. The largest absolute Gasteiger partial charge is 0.436 e. The molecule has 19 heavy (non-hydrogen) atoms. The first-order valence-electron chi connectivity index (χ1n) is 5.27. The second-order valence-corrected chi connectivity index (χ2v) is 3.64. The molecule has 1 N–H and O–H groups in total. The van der Waals surface area contributed by atoms with Crippen molar-refractivity contribution in [3.8, 4) is 11.6 Å². The lowest BCUT2D eigenvalue weighted by Gasteiger charge is -2.05. The van der Waals surface area contributed by atoms with E-state index in [0.29, 0.717) is 5.56 Å². The van der Waals surface area contributed by atoms with Crippen molar-refractivity contribution in [3.05, 3.63) is 58.0 Å². The van der Waals surface area contributed by atoms with Crippen LogP contribution >= 0.6 is 0 Å². The molecule has 1 aromatic carbocycles. The van der Waals surface area contributed by atoms with Crippen molar-refractivity contribution < 1.29 is 19.2 Å². The van der Waals surface area contributed by atoms with Crippen LogP contribution in [0.15, 0.2) is 36.5 Å². The van der Waals surface area contributed by atoms with Gasteiger partial charge in [0.1, 0.15) is 0 Å². The number of rotatable bonds is 4. The highest BCUT2D eigenvalue weighted by Gasteiger charge is 2.12. The molecule has 1 heterocycles. The Morgan fingerprint density at radius 1 is 1.37 bits per heavy atom. The average Bonchev–Trinajstić information content (AvgIpc) is 2.41. The van der Waals surface area contributed by atoms with Gasteiger partial charge in [-0.1, -0.05) is 0 Å². The third kappa shape index (κ3) is 3.02. The SMILES string of the molecule is O=[N+]([O-])c1ccc(Oc2ccc(CO)cn2)c(F)c1. The number of non-ortho nitro benzene ring substituents is 1. The smallest absolute Gasteiger partial charge is 0.272 e. The second kappa shape index (κ2) is 5.40. The van der Waals surface area contributed by atoms with Crippen LogP contribution in [0.1, 0.15) is 5.56 Å². The molecule has 6 nitrogen and oxygen atoms in total. The van der Waals surface area contributed by atoms with E-state index in [4.69, 9.17) is 9.84 Å². The fourth-order valence-corrected chi connectivity index (χ4v) is 1.36. The molecule has 7 heteroatoms. The van der Waals surface area contributed by atoms with E-state index >= 15 is 0 Å². The van der Waals surface area contributed by atoms with Crippen LogP contribution in [0.5, 0.6) is 11.6 Å². The van der Waals surface area contributed by atoms with Gasteiger partial charge in [-0.25, -0.2) is 9.37 Å². The van der Waals surface area contributed by atoms with Crippen molar-refractivity contribution in [3.63, 3.8) is 0 Å². The van der Waals surface area contributed by atoms with E-state index in [1.54, 1.807) is 6.07 Å². The Labute approximate surface area is 107 Å². The summed E-state index contributed by atoms with van der Waals surface area (Å²) in [6.07, 6.45) is 1.39. The van der Waals surface area contributed by atoms with Crippen LogP contribution in [0.2, 0.25) is 0 Å². The maximum absolute atomic E-state index is 13.5. The molecule has 0 aliphatic rings. The summed E-state index contributed by atoms with van der Waals surface area (Å²) in [5, 5.41) is 19.3. The molecule has 0 aliphatic carbocycles. The summed E-state index contributed by atoms with van der Waals surface area (Å²) in [6, 6.07) is 6.12. The summed E-state index contributed by atoms with van der Waals surface area (Å²) in [6.45, 7) is -0.154. The van der Waals surface area contributed by atoms with E-state index < -0.39 is 10.7 Å². The molecule has 98 valence electrons. The van der Waals surface area contributed by atoms with Gasteiger partial charge in [-0.2, -0.15) is 0 Å². The monoisotopic (exact) mass is 264 g/mol. The molecule has 0 spiro atoms. The summed E-state index contributed by atoms with van der Waals surface area (Å²) in [7, 11) is 0. The van der Waals surface area contributed by atoms with Gasteiger partial charge in [0.25, 0.3) is 5.69 Å². The molecule has 1 aromatic heterocycles. The van der Waals surface area contributed by atoms with Crippen LogP contribution < -0.4 is 4.74 Å². The fraction of sp³-hybridized carbons (Fsp3) is 0.0833. The first-order valence-corrected chi connectivity index (χ1v) is 5.27. The Morgan fingerprint density at radius 3 is 2.68 bits per heavy atom. The summed E-state index contributed by atoms with van der Waals surface area (Å²) in [5.74, 6) is -0.873. The fourth-order valence-electron chi connectivity index (χ4n) is 1.36. The van der Waals surface area contributed by atoms with Gasteiger partial charge < -0.3 is 9.84 Å². The summed E-state index contributed by atoms with van der Waals surface area (Å²) in [4.78, 5) is 13.6. The van der Waals surface area contributed by atoms with E-state index in [9.17, 15) is 14.5 Å². The van der Waals surface area contributed by atoms with Crippen LogP contribution in [-0.4, -0.2) is 15.0 Å². The number of halogens is 1. The molecular formula is C12H9FN2O4. The number of nitro groups is 1. The number of hydrogen-bond donors (Lipinski definition) is 1. The zero-order valence-corrected chi connectivity index (χ0v) is 9.62. The number of aromatic nitrogens is 1. The van der Waals surface area contributed by atoms with Gasteiger partial charge in [0.15, 0.2) is 11.6 Å². The maximum Gasteiger partial charge on any atom is 0.272 e. The average molecular weight is 264 g/mol. The third-order valence-corrected chi connectivity index (χ3v) is 2.32. The lowest BCUT2D eigenvalue weighted by molar-refractivity contribution is -0.385. The van der Waals surface area contributed by atoms with E-state index in [0.717, 1.165) is 18.2 Å². The Balaban J connectivity index is 2.20. The topological polar surface area (TPSA) is 85.5 Å². The standard InChI is InChI=1S/C12H9FN2O4/c13-10-5-9(15(17)18)2-3-11(10)19-12-4-1-8(7-16)6-14-12/h1-6,16H,7H2. The van der Waals surface area contributed by atoms with Crippen LogP contribution in [0.4, 0.5) is 10.1 Å². The zero-order chi connectivity index (χ0) is 13.8. The van der Waals surface area contributed by atoms with Crippen molar-refractivity contribution in [1.29, 1.82) is 0 Å². The van der Waals surface area contributed by atoms with Crippen LogP contribution in [0, 0.1) is 15.9 Å². The molecule has 0 radical (unpaired) electrons. The summed E-state index contributed by atoms with van der Waals surface area (Å²) < 4.78 is 18.7. The van der Waals surface area contributed by atoms with Crippen molar-refractivity contribution in [2.45, 2.75) is 6.61 Å². The van der Waals surface area contributed by atoms with Gasteiger partial charge in [-0.15, -0.1) is 0 Å². The summed E-state index contributed by atoms with van der Waals surface area (Å²) in [5.41, 5.74) is 0.241. The molecule has 0 saturated carbocycles. The number of pyridine rings is 1. The van der Waals surface area contributed by atoms with Gasteiger partial charge in [-0.05, 0) is 17.7 Å². The van der Waals surface area contributed by atoms with Crippen LogP contribution in [-0.2, 0) is 6.61 Å². The zero-order valence-electron chi connectivity index (χ0n) is 9.62. The molecule has 2 aromatic rings. The highest BCUT2D eigenvalue weighted by Crippen LogP contribution is 2.26. The first kappa shape index (κ1) is 12.9. The Bertz CT molecular complexity index is 601. The molecule has 0 bridgehead atoms. The highest BCUT2D eigenvalue weighted by atomic mass is 19.1. The molecule has 0 fully saturated rings. The molecule has 2 rings (SSSR count). The minimum absolute atomic E-state index is 0.130. The van der Waals surface area contributed by atoms with Gasteiger partial charge in [-0.3, -0.25) is 10.1 Å². The van der Waals surface area contributed by atoms with E-state index in [1.807, 2.05) is 0 Å². The van der Waals surface area contributed by atoms with Gasteiger partial charge in [0.2, 0.25) is 5.88 Å². The van der Waals surface area contributed by atoms with Crippen molar-refractivity contribution >= 4 is 5.69 Å². The second-order valence-electron chi connectivity index (χ2n) is 3.64. The minimum Gasteiger partial charge on any atom is -0.436 e. The molecule has 0 unspecified atom stereocenters. The normalized spacial score (nSPS) is 10.2. The molecular weight excluding hydrogens is 255 g/mol. The number of nitro benzene ring substituents is 1. The first-order chi connectivity index (χ1) is 9.10. The van der Waals surface area contributed by atoms with Gasteiger partial charge in [0, 0.05) is 18.3 Å². The lowest BCUT2D eigenvalue weighted by Crippen LogP contribution is -1.94. The van der Waals surface area contributed by atoms with Crippen molar-refractivity contribution in [2.75, 3.05) is 0 Å². The van der Waals surface area contributed by atoms with Gasteiger partial charge >= 0.3 is 0 Å². The van der Waals surface area contributed by atoms with Crippen LogP contribution in [0.25, 0.3) is 0 Å². The number of nitrogens with zero attached hydrogens (tertiary/aromatic N) is 2. The van der Waals surface area contributed by atoms with Crippen molar-refractivity contribution in [1.82, 2.24) is 4.98 Å². The van der Waals surface area contributed by atoms with E-state index in [1.165, 1.54) is 12.3 Å². The third-order valence-electron chi connectivity index (χ3n) is 2.32.